The molecule has 0 aromatic carbocycles. The zero-order chi connectivity index (χ0) is 13.2. The third-order valence-corrected chi connectivity index (χ3v) is 2.93. The molecule has 0 saturated carbocycles. The first-order valence-electron chi connectivity index (χ1n) is 5.95. The highest BCUT2D eigenvalue weighted by Crippen LogP contribution is 2.25. The molecule has 17 heavy (non-hydrogen) atoms. The lowest BCUT2D eigenvalue weighted by Crippen LogP contribution is -2.50. The molecule has 0 bridgehead atoms. The van der Waals surface area contributed by atoms with Gasteiger partial charge in [0.15, 0.2) is 0 Å². The second-order valence-corrected chi connectivity index (χ2v) is 5.50. The summed E-state index contributed by atoms with van der Waals surface area (Å²) < 4.78 is 5.27. The average Bonchev–Trinajstić information content (AvgIpc) is 2.14. The fraction of sp³-hybridized carbons (Fsp3) is 0.833. The Kier molecular flexibility index (Phi) is 4.01. The van der Waals surface area contributed by atoms with Crippen molar-refractivity contribution < 1.29 is 19.4 Å². The number of rotatable bonds is 1. The van der Waals surface area contributed by atoms with Gasteiger partial charge in [0.2, 0.25) is 0 Å². The van der Waals surface area contributed by atoms with Crippen LogP contribution in [0.2, 0.25) is 0 Å². The molecule has 1 saturated heterocycles. The fourth-order valence-corrected chi connectivity index (χ4v) is 2.05. The molecule has 2 atom stereocenters. The molecular formula is C12H21NO4. The van der Waals surface area contributed by atoms with Crippen LogP contribution in [0.3, 0.4) is 0 Å². The number of piperidine rings is 1. The molecule has 1 N–H and O–H groups in total. The Bertz CT molecular complexity index is 308. The first-order valence-corrected chi connectivity index (χ1v) is 5.95. The van der Waals surface area contributed by atoms with E-state index in [1.165, 1.54) is 4.90 Å². The number of carbonyl (C=O) groups is 2. The molecule has 0 spiro atoms. The average molecular weight is 243 g/mol. The number of carbonyl (C=O) groups excluding carboxylic acids is 1. The van der Waals surface area contributed by atoms with Crippen molar-refractivity contribution in [2.24, 2.45) is 5.92 Å². The lowest BCUT2D eigenvalue weighted by atomic mass is 9.91. The summed E-state index contributed by atoms with van der Waals surface area (Å²) in [7, 11) is 0. The highest BCUT2D eigenvalue weighted by molar-refractivity contribution is 5.74. The van der Waals surface area contributed by atoms with Crippen LogP contribution in [0.4, 0.5) is 4.79 Å². The van der Waals surface area contributed by atoms with Gasteiger partial charge in [-0.25, -0.2) is 4.79 Å². The predicted octanol–water partition coefficient (Wildman–Crippen LogP) is 2.11. The number of carboxylic acid groups (broad SMARTS) is 1. The summed E-state index contributed by atoms with van der Waals surface area (Å²) in [5.74, 6) is -1.33. The van der Waals surface area contributed by atoms with Gasteiger partial charge in [0.05, 0.1) is 5.92 Å². The number of carboxylic acids is 1. The zero-order valence-electron chi connectivity index (χ0n) is 10.9. The minimum atomic E-state index is -0.842. The normalized spacial score (nSPS) is 25.5. The molecule has 1 aliphatic rings. The van der Waals surface area contributed by atoms with Crippen molar-refractivity contribution in [3.05, 3.63) is 0 Å². The van der Waals surface area contributed by atoms with Crippen LogP contribution in [0, 0.1) is 5.92 Å². The first kappa shape index (κ1) is 13.8. The van der Waals surface area contributed by atoms with Gasteiger partial charge in [-0.3, -0.25) is 4.79 Å². The number of ether oxygens (including phenoxy) is 1. The van der Waals surface area contributed by atoms with Crippen molar-refractivity contribution in [1.82, 2.24) is 4.90 Å². The van der Waals surface area contributed by atoms with E-state index in [4.69, 9.17) is 9.84 Å². The van der Waals surface area contributed by atoms with Gasteiger partial charge in [-0.05, 0) is 40.5 Å². The van der Waals surface area contributed by atoms with Crippen LogP contribution < -0.4 is 0 Å². The largest absolute Gasteiger partial charge is 0.481 e. The van der Waals surface area contributed by atoms with Crippen molar-refractivity contribution in [2.75, 3.05) is 6.54 Å². The van der Waals surface area contributed by atoms with Crippen molar-refractivity contribution in [3.63, 3.8) is 0 Å². The number of hydrogen-bond acceptors (Lipinski definition) is 3. The Morgan fingerprint density at radius 3 is 2.41 bits per heavy atom. The third kappa shape index (κ3) is 3.61. The number of hydrogen-bond donors (Lipinski definition) is 1. The van der Waals surface area contributed by atoms with E-state index >= 15 is 0 Å². The monoisotopic (exact) mass is 243 g/mol. The topological polar surface area (TPSA) is 66.8 Å². The molecular weight excluding hydrogens is 222 g/mol. The van der Waals surface area contributed by atoms with Crippen LogP contribution in [0.1, 0.15) is 40.5 Å². The van der Waals surface area contributed by atoms with E-state index in [-0.39, 0.29) is 6.04 Å². The number of aliphatic carboxylic acids is 1. The predicted molar refractivity (Wildman–Crippen MR) is 62.8 cm³/mol. The minimum Gasteiger partial charge on any atom is -0.481 e. The molecule has 98 valence electrons. The zero-order valence-corrected chi connectivity index (χ0v) is 10.9. The maximum Gasteiger partial charge on any atom is 0.410 e. The van der Waals surface area contributed by atoms with Crippen LogP contribution in [0.15, 0.2) is 0 Å². The van der Waals surface area contributed by atoms with Gasteiger partial charge in [-0.1, -0.05) is 0 Å². The van der Waals surface area contributed by atoms with E-state index in [2.05, 4.69) is 0 Å². The Morgan fingerprint density at radius 1 is 1.35 bits per heavy atom. The summed E-state index contributed by atoms with van der Waals surface area (Å²) in [6, 6.07) is -0.309. The maximum absolute atomic E-state index is 11.9. The summed E-state index contributed by atoms with van der Waals surface area (Å²) >= 11 is 0. The standard InChI is InChI=1S/C12H21NO4/c1-8-9(10(14)15)6-5-7-13(8)11(16)17-12(2,3)4/h8-9H,5-7H2,1-4H3,(H,14,15). The molecule has 1 rings (SSSR count). The van der Waals surface area contributed by atoms with Gasteiger partial charge in [0.1, 0.15) is 5.60 Å². The van der Waals surface area contributed by atoms with E-state index in [9.17, 15) is 9.59 Å². The summed E-state index contributed by atoms with van der Waals surface area (Å²) in [5, 5.41) is 9.06. The molecule has 0 aromatic rings. The van der Waals surface area contributed by atoms with E-state index in [1.54, 1.807) is 27.7 Å². The smallest absolute Gasteiger partial charge is 0.410 e. The SMILES string of the molecule is CC1C(C(=O)O)CCCN1C(=O)OC(C)(C)C. The van der Waals surface area contributed by atoms with Crippen LogP contribution >= 0.6 is 0 Å². The van der Waals surface area contributed by atoms with E-state index in [0.29, 0.717) is 19.4 Å². The van der Waals surface area contributed by atoms with Crippen molar-refractivity contribution in [1.29, 1.82) is 0 Å². The van der Waals surface area contributed by atoms with E-state index in [1.807, 2.05) is 0 Å². The minimum absolute atomic E-state index is 0.309. The van der Waals surface area contributed by atoms with Crippen LogP contribution in [0.5, 0.6) is 0 Å². The van der Waals surface area contributed by atoms with E-state index < -0.39 is 23.6 Å². The van der Waals surface area contributed by atoms with Gasteiger partial charge in [0.25, 0.3) is 0 Å². The summed E-state index contributed by atoms with van der Waals surface area (Å²) in [6.45, 7) is 7.73. The Labute approximate surface area is 102 Å². The molecule has 5 heteroatoms. The maximum atomic E-state index is 11.9. The lowest BCUT2D eigenvalue weighted by Gasteiger charge is -2.38. The second-order valence-electron chi connectivity index (χ2n) is 5.50. The third-order valence-electron chi connectivity index (χ3n) is 2.93. The Hall–Kier alpha value is -1.26. The van der Waals surface area contributed by atoms with Gasteiger partial charge >= 0.3 is 12.1 Å². The van der Waals surface area contributed by atoms with Gasteiger partial charge in [-0.2, -0.15) is 0 Å². The summed E-state index contributed by atoms with van der Waals surface area (Å²) in [4.78, 5) is 24.5. The highest BCUT2D eigenvalue weighted by atomic mass is 16.6. The molecule has 0 aliphatic carbocycles. The quantitative estimate of drug-likeness (QED) is 0.766. The van der Waals surface area contributed by atoms with Crippen molar-refractivity contribution in [3.8, 4) is 0 Å². The van der Waals surface area contributed by atoms with Gasteiger partial charge in [0, 0.05) is 12.6 Å². The van der Waals surface area contributed by atoms with Crippen molar-refractivity contribution >= 4 is 12.1 Å². The first-order chi connectivity index (χ1) is 7.72. The second kappa shape index (κ2) is 4.94. The molecule has 2 unspecified atom stereocenters. The number of amides is 1. The molecule has 0 aromatic heterocycles. The van der Waals surface area contributed by atoms with Crippen molar-refractivity contribution in [2.45, 2.75) is 52.2 Å². The summed E-state index contributed by atoms with van der Waals surface area (Å²) in [5.41, 5.74) is -0.549. The summed E-state index contributed by atoms with van der Waals surface area (Å²) in [6.07, 6.45) is 0.909. The van der Waals surface area contributed by atoms with Crippen LogP contribution in [0.25, 0.3) is 0 Å². The highest BCUT2D eigenvalue weighted by Gasteiger charge is 2.37. The molecule has 1 aliphatic heterocycles. The fourth-order valence-electron chi connectivity index (χ4n) is 2.05. The molecule has 0 radical (unpaired) electrons. The molecule has 1 heterocycles. The molecule has 1 amide bonds. The Morgan fingerprint density at radius 2 is 1.94 bits per heavy atom. The van der Waals surface area contributed by atoms with Crippen LogP contribution in [-0.2, 0) is 9.53 Å². The van der Waals surface area contributed by atoms with E-state index in [0.717, 1.165) is 0 Å². The number of likely N-dealkylation sites (tertiary alicyclic amines) is 1. The molecule has 5 nitrogen and oxygen atoms in total. The lowest BCUT2D eigenvalue weighted by molar-refractivity contribution is -0.145. The van der Waals surface area contributed by atoms with Gasteiger partial charge < -0.3 is 14.7 Å². The molecule has 1 fully saturated rings. The van der Waals surface area contributed by atoms with Gasteiger partial charge in [-0.15, -0.1) is 0 Å². The number of nitrogens with zero attached hydrogens (tertiary/aromatic N) is 1. The Balaban J connectivity index is 2.70. The van der Waals surface area contributed by atoms with Crippen LogP contribution in [-0.4, -0.2) is 40.3 Å².